The Labute approximate surface area is 175 Å². The van der Waals surface area contributed by atoms with E-state index in [1.165, 1.54) is 11.6 Å². The first-order valence-corrected chi connectivity index (χ1v) is 10.3. The van der Waals surface area contributed by atoms with Crippen LogP contribution >= 0.6 is 0 Å². The van der Waals surface area contributed by atoms with Crippen molar-refractivity contribution in [2.75, 3.05) is 32.8 Å². The first kappa shape index (κ1) is 20.2. The molecule has 4 rings (SSSR count). The van der Waals surface area contributed by atoms with Gasteiger partial charge < -0.3 is 14.1 Å². The van der Waals surface area contributed by atoms with Crippen molar-refractivity contribution in [3.05, 3.63) is 76.1 Å². The first-order chi connectivity index (χ1) is 14.5. The van der Waals surface area contributed by atoms with E-state index >= 15 is 0 Å². The number of nitrogens with zero attached hydrogens (tertiary/aromatic N) is 2. The monoisotopic (exact) mass is 406 g/mol. The Bertz CT molecular complexity index is 1090. The normalized spacial score (nSPS) is 15.9. The zero-order valence-electron chi connectivity index (χ0n) is 17.3. The smallest absolute Gasteiger partial charge is 0.336 e. The van der Waals surface area contributed by atoms with Crippen LogP contribution in [0.25, 0.3) is 11.0 Å². The van der Waals surface area contributed by atoms with Gasteiger partial charge in [-0.2, -0.15) is 0 Å². The maximum Gasteiger partial charge on any atom is 0.336 e. The molecule has 1 aromatic heterocycles. The third-order valence-electron chi connectivity index (χ3n) is 5.78. The summed E-state index contributed by atoms with van der Waals surface area (Å²) in [6, 6.07) is 17.5. The van der Waals surface area contributed by atoms with Crippen molar-refractivity contribution in [1.29, 1.82) is 0 Å². The summed E-state index contributed by atoms with van der Waals surface area (Å²) in [6.45, 7) is 7.08. The lowest BCUT2D eigenvalue weighted by atomic mass is 10.1. The molecule has 2 heterocycles. The largest absolute Gasteiger partial charge is 0.484 e. The molecule has 1 atom stereocenters. The number of benzene rings is 2. The lowest BCUT2D eigenvalue weighted by Crippen LogP contribution is -2.50. The third kappa shape index (κ3) is 4.39. The number of hydrogen-bond donors (Lipinski definition) is 0. The fourth-order valence-corrected chi connectivity index (χ4v) is 3.93. The van der Waals surface area contributed by atoms with Gasteiger partial charge in [-0.15, -0.1) is 0 Å². The molecule has 30 heavy (non-hydrogen) atoms. The molecule has 0 aliphatic carbocycles. The summed E-state index contributed by atoms with van der Waals surface area (Å²) < 4.78 is 10.9. The summed E-state index contributed by atoms with van der Waals surface area (Å²) in [5, 5.41) is 0.858. The Morgan fingerprint density at radius 2 is 1.80 bits per heavy atom. The number of aryl methyl sites for hydroxylation is 1. The van der Waals surface area contributed by atoms with E-state index in [2.05, 4.69) is 36.1 Å². The van der Waals surface area contributed by atoms with Gasteiger partial charge in [0.15, 0.2) is 6.61 Å². The molecular formula is C24H26N2O4. The minimum absolute atomic E-state index is 0.0320. The van der Waals surface area contributed by atoms with Crippen molar-refractivity contribution in [1.82, 2.24) is 9.80 Å². The zero-order valence-corrected chi connectivity index (χ0v) is 17.3. The van der Waals surface area contributed by atoms with Crippen molar-refractivity contribution in [3.8, 4) is 5.75 Å². The average Bonchev–Trinajstić information content (AvgIpc) is 2.77. The number of piperazine rings is 1. The van der Waals surface area contributed by atoms with Crippen LogP contribution in [0.3, 0.4) is 0 Å². The minimum atomic E-state index is -0.393. The van der Waals surface area contributed by atoms with Gasteiger partial charge in [-0.05, 0) is 37.1 Å². The highest BCUT2D eigenvalue weighted by molar-refractivity contribution is 5.81. The number of amides is 1. The standard InChI is InChI=1S/C24H26N2O4/c1-17-14-24(28)30-22-15-20(8-9-21(17)22)29-16-23(27)26-12-10-25(11-13-26)18(2)19-6-4-3-5-7-19/h3-9,14-15,18H,10-13,16H2,1-2H3. The van der Waals surface area contributed by atoms with Crippen LogP contribution in [0.2, 0.25) is 0 Å². The van der Waals surface area contributed by atoms with Gasteiger partial charge in [-0.25, -0.2) is 4.79 Å². The number of fused-ring (bicyclic) bond motifs is 1. The van der Waals surface area contributed by atoms with Crippen LogP contribution in [0.15, 0.2) is 63.8 Å². The van der Waals surface area contributed by atoms with Crippen molar-refractivity contribution < 1.29 is 13.9 Å². The van der Waals surface area contributed by atoms with Crippen LogP contribution in [0, 0.1) is 6.92 Å². The molecule has 6 heteroatoms. The predicted octanol–water partition coefficient (Wildman–Crippen LogP) is 3.39. The molecule has 0 N–H and O–H groups in total. The molecule has 1 amide bonds. The number of ether oxygens (including phenoxy) is 1. The highest BCUT2D eigenvalue weighted by atomic mass is 16.5. The summed E-state index contributed by atoms with van der Waals surface area (Å²) >= 11 is 0. The molecule has 1 unspecified atom stereocenters. The van der Waals surface area contributed by atoms with Gasteiger partial charge in [0.25, 0.3) is 5.91 Å². The van der Waals surface area contributed by atoms with Gasteiger partial charge in [0.1, 0.15) is 11.3 Å². The SMILES string of the molecule is Cc1cc(=O)oc2cc(OCC(=O)N3CCN(C(C)c4ccccc4)CC3)ccc12. The Morgan fingerprint density at radius 3 is 2.53 bits per heavy atom. The van der Waals surface area contributed by atoms with Gasteiger partial charge in [-0.1, -0.05) is 30.3 Å². The van der Waals surface area contributed by atoms with Crippen molar-refractivity contribution in [2.24, 2.45) is 0 Å². The van der Waals surface area contributed by atoms with Crippen LogP contribution in [0.5, 0.6) is 5.75 Å². The minimum Gasteiger partial charge on any atom is -0.484 e. The van der Waals surface area contributed by atoms with Crippen molar-refractivity contribution >= 4 is 16.9 Å². The van der Waals surface area contributed by atoms with Gasteiger partial charge in [0.05, 0.1) is 0 Å². The molecule has 6 nitrogen and oxygen atoms in total. The van der Waals surface area contributed by atoms with Crippen LogP contribution in [-0.2, 0) is 4.79 Å². The van der Waals surface area contributed by atoms with Gasteiger partial charge in [0, 0.05) is 49.7 Å². The number of carbonyl (C=O) groups excluding carboxylic acids is 1. The van der Waals surface area contributed by atoms with Gasteiger partial charge in [0.2, 0.25) is 0 Å². The van der Waals surface area contributed by atoms with E-state index in [1.807, 2.05) is 24.0 Å². The molecule has 0 bridgehead atoms. The van der Waals surface area contributed by atoms with E-state index in [4.69, 9.17) is 9.15 Å². The van der Waals surface area contributed by atoms with Crippen LogP contribution < -0.4 is 10.4 Å². The fourth-order valence-electron chi connectivity index (χ4n) is 3.93. The van der Waals surface area contributed by atoms with E-state index in [9.17, 15) is 9.59 Å². The Morgan fingerprint density at radius 1 is 1.07 bits per heavy atom. The highest BCUT2D eigenvalue weighted by Gasteiger charge is 2.24. The summed E-state index contributed by atoms with van der Waals surface area (Å²) in [7, 11) is 0. The zero-order chi connectivity index (χ0) is 21.1. The number of hydrogen-bond acceptors (Lipinski definition) is 5. The van der Waals surface area contributed by atoms with Crippen LogP contribution in [0.4, 0.5) is 0 Å². The molecule has 0 radical (unpaired) electrons. The number of carbonyl (C=O) groups is 1. The predicted molar refractivity (Wildman–Crippen MR) is 116 cm³/mol. The summed E-state index contributed by atoms with van der Waals surface area (Å²) in [5.41, 5.74) is 2.22. The average molecular weight is 406 g/mol. The molecule has 1 saturated heterocycles. The third-order valence-corrected chi connectivity index (χ3v) is 5.78. The van der Waals surface area contributed by atoms with E-state index in [0.717, 1.165) is 24.0 Å². The van der Waals surface area contributed by atoms with E-state index < -0.39 is 5.63 Å². The second-order valence-electron chi connectivity index (χ2n) is 7.70. The molecule has 0 saturated carbocycles. The second kappa shape index (κ2) is 8.71. The lowest BCUT2D eigenvalue weighted by Gasteiger charge is -2.38. The molecule has 2 aromatic carbocycles. The number of rotatable bonds is 5. The van der Waals surface area contributed by atoms with Crippen molar-refractivity contribution in [3.63, 3.8) is 0 Å². The molecule has 1 fully saturated rings. The molecule has 156 valence electrons. The molecule has 3 aromatic rings. The van der Waals surface area contributed by atoms with E-state index in [-0.39, 0.29) is 12.5 Å². The van der Waals surface area contributed by atoms with Gasteiger partial charge in [-0.3, -0.25) is 9.69 Å². The molecule has 1 aliphatic heterocycles. The quantitative estimate of drug-likeness (QED) is 0.608. The Hall–Kier alpha value is -3.12. The second-order valence-corrected chi connectivity index (χ2v) is 7.70. The molecule has 0 spiro atoms. The van der Waals surface area contributed by atoms with Crippen LogP contribution in [-0.4, -0.2) is 48.5 Å². The van der Waals surface area contributed by atoms with Gasteiger partial charge >= 0.3 is 5.63 Å². The summed E-state index contributed by atoms with van der Waals surface area (Å²) in [4.78, 5) is 28.4. The topological polar surface area (TPSA) is 63.0 Å². The lowest BCUT2D eigenvalue weighted by molar-refractivity contribution is -0.135. The first-order valence-electron chi connectivity index (χ1n) is 10.3. The van der Waals surface area contributed by atoms with E-state index in [0.29, 0.717) is 30.5 Å². The maximum absolute atomic E-state index is 12.6. The van der Waals surface area contributed by atoms with Crippen molar-refractivity contribution in [2.45, 2.75) is 19.9 Å². The Balaban J connectivity index is 1.32. The Kier molecular flexibility index (Phi) is 5.86. The van der Waals surface area contributed by atoms with Crippen LogP contribution in [0.1, 0.15) is 24.1 Å². The summed E-state index contributed by atoms with van der Waals surface area (Å²) in [5.74, 6) is 0.480. The highest BCUT2D eigenvalue weighted by Crippen LogP contribution is 2.23. The molecule has 1 aliphatic rings. The van der Waals surface area contributed by atoms with E-state index in [1.54, 1.807) is 12.1 Å². The maximum atomic E-state index is 12.6. The fraction of sp³-hybridized carbons (Fsp3) is 0.333. The molecular weight excluding hydrogens is 380 g/mol. The summed E-state index contributed by atoms with van der Waals surface area (Å²) in [6.07, 6.45) is 0.